The van der Waals surface area contributed by atoms with Crippen LogP contribution in [0, 0.1) is 5.82 Å². The standard InChI is InChI=1S/C16H17FN2O/c1-16(2,11-6-4-3-5-7-11)15(20)19-12-8-9-13(17)14(18)10-12/h3-10H,18H2,1-2H3,(H,19,20). The number of carbonyl (C=O) groups excluding carboxylic acids is 1. The van der Waals surface area contributed by atoms with Gasteiger partial charge >= 0.3 is 0 Å². The fraction of sp³-hybridized carbons (Fsp3) is 0.188. The Labute approximate surface area is 117 Å². The van der Waals surface area contributed by atoms with Gasteiger partial charge in [-0.1, -0.05) is 30.3 Å². The molecule has 2 aromatic carbocycles. The van der Waals surface area contributed by atoms with Crippen molar-refractivity contribution in [3.05, 3.63) is 59.9 Å². The molecule has 0 fully saturated rings. The van der Waals surface area contributed by atoms with Gasteiger partial charge in [0.1, 0.15) is 5.82 Å². The zero-order chi connectivity index (χ0) is 14.8. The lowest BCUT2D eigenvalue weighted by molar-refractivity contribution is -0.120. The minimum absolute atomic E-state index is 0.0142. The van der Waals surface area contributed by atoms with Crippen molar-refractivity contribution in [2.45, 2.75) is 19.3 Å². The zero-order valence-corrected chi connectivity index (χ0v) is 11.5. The molecular formula is C16H17FN2O. The normalized spacial score (nSPS) is 11.2. The highest BCUT2D eigenvalue weighted by Crippen LogP contribution is 2.25. The molecule has 3 N–H and O–H groups in total. The molecule has 0 atom stereocenters. The Morgan fingerprint density at radius 1 is 1.15 bits per heavy atom. The van der Waals surface area contributed by atoms with E-state index in [4.69, 9.17) is 5.73 Å². The summed E-state index contributed by atoms with van der Waals surface area (Å²) in [5, 5.41) is 2.76. The van der Waals surface area contributed by atoms with Crippen LogP contribution >= 0.6 is 0 Å². The summed E-state index contributed by atoms with van der Waals surface area (Å²) < 4.78 is 13.1. The van der Waals surface area contributed by atoms with E-state index in [-0.39, 0.29) is 11.6 Å². The largest absolute Gasteiger partial charge is 0.396 e. The van der Waals surface area contributed by atoms with Crippen LogP contribution in [0.15, 0.2) is 48.5 Å². The third-order valence-corrected chi connectivity index (χ3v) is 3.32. The van der Waals surface area contributed by atoms with E-state index < -0.39 is 11.2 Å². The number of anilines is 2. The van der Waals surface area contributed by atoms with Crippen molar-refractivity contribution in [2.24, 2.45) is 0 Å². The molecule has 0 unspecified atom stereocenters. The fourth-order valence-electron chi connectivity index (χ4n) is 1.89. The fourth-order valence-corrected chi connectivity index (χ4v) is 1.89. The first kappa shape index (κ1) is 14.1. The van der Waals surface area contributed by atoms with Crippen molar-refractivity contribution in [2.75, 3.05) is 11.1 Å². The van der Waals surface area contributed by atoms with E-state index in [0.717, 1.165) is 5.56 Å². The number of nitrogens with one attached hydrogen (secondary N) is 1. The second-order valence-corrected chi connectivity index (χ2v) is 5.18. The molecule has 104 valence electrons. The van der Waals surface area contributed by atoms with Crippen LogP contribution in [0.3, 0.4) is 0 Å². The molecular weight excluding hydrogens is 255 g/mol. The molecule has 0 heterocycles. The van der Waals surface area contributed by atoms with Gasteiger partial charge in [0, 0.05) is 5.69 Å². The summed E-state index contributed by atoms with van der Waals surface area (Å²) in [6, 6.07) is 13.6. The average Bonchev–Trinajstić information content (AvgIpc) is 2.44. The molecule has 0 saturated heterocycles. The number of amides is 1. The number of hydrogen-bond donors (Lipinski definition) is 2. The van der Waals surface area contributed by atoms with Crippen LogP contribution in [0.1, 0.15) is 19.4 Å². The third kappa shape index (κ3) is 2.79. The van der Waals surface area contributed by atoms with Crippen LogP contribution < -0.4 is 11.1 Å². The van der Waals surface area contributed by atoms with Gasteiger partial charge in [0.15, 0.2) is 0 Å². The summed E-state index contributed by atoms with van der Waals surface area (Å²) in [6.45, 7) is 3.68. The van der Waals surface area contributed by atoms with Crippen LogP contribution in [-0.2, 0) is 10.2 Å². The molecule has 0 aliphatic heterocycles. The third-order valence-electron chi connectivity index (χ3n) is 3.32. The monoisotopic (exact) mass is 272 g/mol. The van der Waals surface area contributed by atoms with Crippen LogP contribution in [0.2, 0.25) is 0 Å². The highest BCUT2D eigenvalue weighted by Gasteiger charge is 2.29. The lowest BCUT2D eigenvalue weighted by atomic mass is 9.83. The maximum Gasteiger partial charge on any atom is 0.234 e. The summed E-state index contributed by atoms with van der Waals surface area (Å²) in [4.78, 5) is 12.4. The quantitative estimate of drug-likeness (QED) is 0.842. The maximum atomic E-state index is 13.1. The smallest absolute Gasteiger partial charge is 0.234 e. The molecule has 0 aliphatic rings. The highest BCUT2D eigenvalue weighted by atomic mass is 19.1. The molecule has 3 nitrogen and oxygen atoms in total. The molecule has 2 rings (SSSR count). The summed E-state index contributed by atoms with van der Waals surface area (Å²) in [5.41, 5.74) is 6.21. The van der Waals surface area contributed by atoms with Crippen molar-refractivity contribution in [1.82, 2.24) is 0 Å². The molecule has 0 radical (unpaired) electrons. The molecule has 0 spiro atoms. The number of nitrogens with two attached hydrogens (primary N) is 1. The number of carbonyl (C=O) groups is 1. The summed E-state index contributed by atoms with van der Waals surface area (Å²) in [6.07, 6.45) is 0. The lowest BCUT2D eigenvalue weighted by Gasteiger charge is -2.24. The topological polar surface area (TPSA) is 55.1 Å². The first-order chi connectivity index (χ1) is 9.41. The second-order valence-electron chi connectivity index (χ2n) is 5.18. The predicted molar refractivity (Wildman–Crippen MR) is 78.9 cm³/mol. The van der Waals surface area contributed by atoms with Gasteiger partial charge < -0.3 is 11.1 Å². The minimum Gasteiger partial charge on any atom is -0.396 e. The van der Waals surface area contributed by atoms with E-state index in [2.05, 4.69) is 5.32 Å². The van der Waals surface area contributed by atoms with E-state index in [1.165, 1.54) is 18.2 Å². The van der Waals surface area contributed by atoms with Gasteiger partial charge in [-0.05, 0) is 37.6 Å². The van der Waals surface area contributed by atoms with E-state index in [0.29, 0.717) is 5.69 Å². The summed E-state index contributed by atoms with van der Waals surface area (Å²) in [5.74, 6) is -0.667. The molecule has 0 bridgehead atoms. The van der Waals surface area contributed by atoms with Gasteiger partial charge in [0.2, 0.25) is 5.91 Å². The molecule has 4 heteroatoms. The van der Waals surface area contributed by atoms with Crippen molar-refractivity contribution in [3.63, 3.8) is 0 Å². The molecule has 0 aromatic heterocycles. The van der Waals surface area contributed by atoms with Crippen LogP contribution in [0.4, 0.5) is 15.8 Å². The number of rotatable bonds is 3. The van der Waals surface area contributed by atoms with Crippen molar-refractivity contribution < 1.29 is 9.18 Å². The van der Waals surface area contributed by atoms with E-state index in [1.807, 2.05) is 44.2 Å². The number of nitrogen functional groups attached to an aromatic ring is 1. The zero-order valence-electron chi connectivity index (χ0n) is 11.5. The Morgan fingerprint density at radius 2 is 1.80 bits per heavy atom. The van der Waals surface area contributed by atoms with Gasteiger partial charge in [-0.25, -0.2) is 4.39 Å². The predicted octanol–water partition coefficient (Wildman–Crippen LogP) is 3.32. The highest BCUT2D eigenvalue weighted by molar-refractivity contribution is 5.98. The van der Waals surface area contributed by atoms with E-state index in [9.17, 15) is 9.18 Å². The van der Waals surface area contributed by atoms with E-state index in [1.54, 1.807) is 0 Å². The van der Waals surface area contributed by atoms with Gasteiger partial charge in [-0.3, -0.25) is 4.79 Å². The van der Waals surface area contributed by atoms with Crippen LogP contribution in [0.5, 0.6) is 0 Å². The average molecular weight is 272 g/mol. The van der Waals surface area contributed by atoms with Crippen molar-refractivity contribution in [1.29, 1.82) is 0 Å². The summed E-state index contributed by atoms with van der Waals surface area (Å²) >= 11 is 0. The van der Waals surface area contributed by atoms with Crippen LogP contribution in [-0.4, -0.2) is 5.91 Å². The minimum atomic E-state index is -0.690. The first-order valence-electron chi connectivity index (χ1n) is 6.33. The number of benzene rings is 2. The summed E-state index contributed by atoms with van der Waals surface area (Å²) in [7, 11) is 0. The van der Waals surface area contributed by atoms with Gasteiger partial charge in [-0.2, -0.15) is 0 Å². The van der Waals surface area contributed by atoms with Gasteiger partial charge in [-0.15, -0.1) is 0 Å². The lowest BCUT2D eigenvalue weighted by Crippen LogP contribution is -2.34. The van der Waals surface area contributed by atoms with Crippen molar-refractivity contribution in [3.8, 4) is 0 Å². The number of hydrogen-bond acceptors (Lipinski definition) is 2. The Hall–Kier alpha value is -2.36. The van der Waals surface area contributed by atoms with E-state index >= 15 is 0 Å². The molecule has 20 heavy (non-hydrogen) atoms. The maximum absolute atomic E-state index is 13.1. The molecule has 1 amide bonds. The Kier molecular flexibility index (Phi) is 3.74. The SMILES string of the molecule is CC(C)(C(=O)Nc1ccc(F)c(N)c1)c1ccccc1. The molecule has 2 aromatic rings. The van der Waals surface area contributed by atoms with Gasteiger partial charge in [0.05, 0.1) is 11.1 Å². The number of halogens is 1. The Morgan fingerprint density at radius 3 is 2.40 bits per heavy atom. The van der Waals surface area contributed by atoms with Crippen molar-refractivity contribution >= 4 is 17.3 Å². The Bertz CT molecular complexity index is 624. The molecule has 0 saturated carbocycles. The Balaban J connectivity index is 2.21. The first-order valence-corrected chi connectivity index (χ1v) is 6.33. The van der Waals surface area contributed by atoms with Gasteiger partial charge in [0.25, 0.3) is 0 Å². The van der Waals surface area contributed by atoms with Crippen LogP contribution in [0.25, 0.3) is 0 Å². The second kappa shape index (κ2) is 5.33. The molecule has 0 aliphatic carbocycles.